The molecule has 0 radical (unpaired) electrons. The van der Waals surface area contributed by atoms with E-state index in [0.717, 1.165) is 13.1 Å². The van der Waals surface area contributed by atoms with Gasteiger partial charge < -0.3 is 4.90 Å². The van der Waals surface area contributed by atoms with Gasteiger partial charge in [-0.25, -0.2) is 0 Å². The molecule has 1 aliphatic rings. The fourth-order valence-electron chi connectivity index (χ4n) is 1.47. The summed E-state index contributed by atoms with van der Waals surface area (Å²) in [5.74, 6) is 1.04. The number of nitrogens with zero attached hydrogens (tertiary/aromatic N) is 1. The van der Waals surface area contributed by atoms with Crippen molar-refractivity contribution in [3.8, 4) is 0 Å². The van der Waals surface area contributed by atoms with Gasteiger partial charge in [0.2, 0.25) is 5.91 Å². The normalized spacial score (nSPS) is 19.2. The third-order valence-electron chi connectivity index (χ3n) is 2.10. The van der Waals surface area contributed by atoms with Crippen molar-refractivity contribution in [1.82, 2.24) is 4.90 Å². The molecule has 0 spiro atoms. The third kappa shape index (κ3) is 2.50. The maximum atomic E-state index is 11.5. The lowest BCUT2D eigenvalue weighted by molar-refractivity contribution is -0.139. The Hall–Kier alpha value is -0.530. The Morgan fingerprint density at radius 2 is 1.92 bits per heavy atom. The molecule has 2 nitrogen and oxygen atoms in total. The molecule has 0 aliphatic carbocycles. The molecule has 1 rings (SSSR count). The average Bonchev–Trinajstić information content (AvgIpc) is 1.76. The van der Waals surface area contributed by atoms with Gasteiger partial charge in [0, 0.05) is 19.5 Å². The first-order valence-corrected chi connectivity index (χ1v) is 4.66. The van der Waals surface area contributed by atoms with E-state index < -0.39 is 0 Å². The van der Waals surface area contributed by atoms with Crippen molar-refractivity contribution >= 4 is 5.91 Å². The van der Waals surface area contributed by atoms with Crippen molar-refractivity contribution < 1.29 is 4.79 Å². The Bertz CT molecular complexity index is 175. The van der Waals surface area contributed by atoms with Gasteiger partial charge in [0.15, 0.2) is 0 Å². The number of carbonyl (C=O) groups is 1. The van der Waals surface area contributed by atoms with Crippen LogP contribution in [0.1, 0.15) is 34.1 Å². The minimum Gasteiger partial charge on any atom is -0.342 e. The zero-order valence-electron chi connectivity index (χ0n) is 8.55. The first-order valence-electron chi connectivity index (χ1n) is 4.66. The van der Waals surface area contributed by atoms with Gasteiger partial charge >= 0.3 is 0 Å². The third-order valence-corrected chi connectivity index (χ3v) is 2.10. The molecule has 0 N–H and O–H groups in total. The number of amides is 1. The van der Waals surface area contributed by atoms with E-state index in [0.29, 0.717) is 18.2 Å². The topological polar surface area (TPSA) is 20.3 Å². The van der Waals surface area contributed by atoms with E-state index in [9.17, 15) is 4.79 Å². The van der Waals surface area contributed by atoms with Crippen LogP contribution in [0.15, 0.2) is 0 Å². The minimum atomic E-state index is 0.135. The molecule has 0 atom stereocenters. The van der Waals surface area contributed by atoms with Crippen LogP contribution in [0.2, 0.25) is 0 Å². The fourth-order valence-corrected chi connectivity index (χ4v) is 1.47. The summed E-state index contributed by atoms with van der Waals surface area (Å²) >= 11 is 0. The number of hydrogen-bond acceptors (Lipinski definition) is 1. The van der Waals surface area contributed by atoms with Crippen LogP contribution < -0.4 is 0 Å². The molecule has 2 heteroatoms. The summed E-state index contributed by atoms with van der Waals surface area (Å²) in [4.78, 5) is 13.5. The number of likely N-dealkylation sites (tertiary alicyclic amines) is 1. The fraction of sp³-hybridized carbons (Fsp3) is 0.900. The van der Waals surface area contributed by atoms with E-state index in [1.54, 1.807) is 0 Å². The molecule has 12 heavy (non-hydrogen) atoms. The van der Waals surface area contributed by atoms with Gasteiger partial charge in [-0.15, -0.1) is 0 Å². The van der Waals surface area contributed by atoms with E-state index >= 15 is 0 Å². The summed E-state index contributed by atoms with van der Waals surface area (Å²) in [5.41, 5.74) is 0.135. The van der Waals surface area contributed by atoms with Crippen molar-refractivity contribution in [3.05, 3.63) is 0 Å². The molecular formula is C10H19NO. The second kappa shape index (κ2) is 3.08. The Labute approximate surface area is 74.9 Å². The zero-order chi connectivity index (χ0) is 9.35. The molecule has 1 fully saturated rings. The van der Waals surface area contributed by atoms with Crippen LogP contribution in [0.4, 0.5) is 0 Å². The molecule has 0 aromatic carbocycles. The van der Waals surface area contributed by atoms with Gasteiger partial charge in [-0.2, -0.15) is 0 Å². The van der Waals surface area contributed by atoms with Gasteiger partial charge in [0.05, 0.1) is 0 Å². The average molecular weight is 169 g/mol. The summed E-state index contributed by atoms with van der Waals surface area (Å²) < 4.78 is 0. The molecule has 70 valence electrons. The monoisotopic (exact) mass is 169 g/mol. The van der Waals surface area contributed by atoms with Crippen LogP contribution in [0.5, 0.6) is 0 Å². The Kier molecular flexibility index (Phi) is 2.45. The van der Waals surface area contributed by atoms with E-state index in [-0.39, 0.29) is 5.41 Å². The Morgan fingerprint density at radius 3 is 2.25 bits per heavy atom. The summed E-state index contributed by atoms with van der Waals surface area (Å²) in [6, 6.07) is 0. The largest absolute Gasteiger partial charge is 0.342 e. The smallest absolute Gasteiger partial charge is 0.223 e. The van der Waals surface area contributed by atoms with Crippen LogP contribution in [-0.4, -0.2) is 23.9 Å². The zero-order valence-corrected chi connectivity index (χ0v) is 8.55. The second-order valence-corrected chi connectivity index (χ2v) is 5.14. The first-order chi connectivity index (χ1) is 5.38. The molecule has 1 amide bonds. The molecule has 0 saturated carbocycles. The van der Waals surface area contributed by atoms with E-state index in [1.165, 1.54) is 0 Å². The summed E-state index contributed by atoms with van der Waals surface area (Å²) in [6.07, 6.45) is 0.680. The SMILES string of the molecule is CC1CN(C(=O)CC(C)(C)C)C1. The van der Waals surface area contributed by atoms with E-state index in [2.05, 4.69) is 27.7 Å². The van der Waals surface area contributed by atoms with E-state index in [1.807, 2.05) is 4.90 Å². The van der Waals surface area contributed by atoms with Crippen molar-refractivity contribution in [2.24, 2.45) is 11.3 Å². The van der Waals surface area contributed by atoms with E-state index in [4.69, 9.17) is 0 Å². The van der Waals surface area contributed by atoms with Crippen molar-refractivity contribution in [2.75, 3.05) is 13.1 Å². The maximum Gasteiger partial charge on any atom is 0.223 e. The number of rotatable bonds is 1. The summed E-state index contributed by atoms with van der Waals surface area (Å²) in [6.45, 7) is 10.4. The highest BCUT2D eigenvalue weighted by Gasteiger charge is 2.29. The summed E-state index contributed by atoms with van der Waals surface area (Å²) in [7, 11) is 0. The van der Waals surface area contributed by atoms with Crippen LogP contribution in [0.3, 0.4) is 0 Å². The Morgan fingerprint density at radius 1 is 1.42 bits per heavy atom. The minimum absolute atomic E-state index is 0.135. The molecule has 1 heterocycles. The molecule has 0 aromatic rings. The van der Waals surface area contributed by atoms with Crippen molar-refractivity contribution in [3.63, 3.8) is 0 Å². The van der Waals surface area contributed by atoms with Gasteiger partial charge in [0.1, 0.15) is 0 Å². The lowest BCUT2D eigenvalue weighted by Crippen LogP contribution is -2.49. The predicted molar refractivity (Wildman–Crippen MR) is 49.8 cm³/mol. The molecule has 1 aliphatic heterocycles. The number of hydrogen-bond donors (Lipinski definition) is 0. The van der Waals surface area contributed by atoms with Gasteiger partial charge in [-0.05, 0) is 11.3 Å². The lowest BCUT2D eigenvalue weighted by atomic mass is 9.90. The van der Waals surface area contributed by atoms with Crippen molar-refractivity contribution in [1.29, 1.82) is 0 Å². The predicted octanol–water partition coefficient (Wildman–Crippen LogP) is 1.90. The highest BCUT2D eigenvalue weighted by Crippen LogP contribution is 2.23. The molecular weight excluding hydrogens is 150 g/mol. The van der Waals surface area contributed by atoms with Crippen LogP contribution >= 0.6 is 0 Å². The lowest BCUT2D eigenvalue weighted by Gasteiger charge is -2.38. The first kappa shape index (κ1) is 9.56. The molecule has 1 saturated heterocycles. The Balaban J connectivity index is 2.30. The van der Waals surface area contributed by atoms with Crippen LogP contribution in [0.25, 0.3) is 0 Å². The maximum absolute atomic E-state index is 11.5. The molecule has 0 unspecified atom stereocenters. The van der Waals surface area contributed by atoms with Crippen LogP contribution in [0, 0.1) is 11.3 Å². The van der Waals surface area contributed by atoms with Gasteiger partial charge in [0.25, 0.3) is 0 Å². The highest BCUT2D eigenvalue weighted by molar-refractivity contribution is 5.77. The standard InChI is InChI=1S/C10H19NO/c1-8-6-11(7-8)9(12)5-10(2,3)4/h8H,5-7H2,1-4H3. The van der Waals surface area contributed by atoms with Gasteiger partial charge in [-0.3, -0.25) is 4.79 Å². The van der Waals surface area contributed by atoms with Crippen LogP contribution in [-0.2, 0) is 4.79 Å². The quantitative estimate of drug-likeness (QED) is 0.587. The molecule has 0 bridgehead atoms. The highest BCUT2D eigenvalue weighted by atomic mass is 16.2. The number of carbonyl (C=O) groups excluding carboxylic acids is 1. The summed E-state index contributed by atoms with van der Waals surface area (Å²) in [5, 5.41) is 0. The second-order valence-electron chi connectivity index (χ2n) is 5.14. The molecule has 0 aromatic heterocycles. The van der Waals surface area contributed by atoms with Gasteiger partial charge in [-0.1, -0.05) is 27.7 Å². The van der Waals surface area contributed by atoms with Crippen molar-refractivity contribution in [2.45, 2.75) is 34.1 Å².